The molecular formula is C11H13ClN2O4. The Labute approximate surface area is 109 Å². The van der Waals surface area contributed by atoms with E-state index in [9.17, 15) is 9.59 Å². The molecule has 1 atom stereocenters. The summed E-state index contributed by atoms with van der Waals surface area (Å²) in [6, 6.07) is 3.47. The molecule has 1 aromatic rings. The molecule has 0 radical (unpaired) electrons. The Morgan fingerprint density at radius 3 is 2.78 bits per heavy atom. The van der Waals surface area contributed by atoms with Gasteiger partial charge in [-0.3, -0.25) is 9.59 Å². The van der Waals surface area contributed by atoms with Crippen molar-refractivity contribution in [1.29, 1.82) is 0 Å². The van der Waals surface area contributed by atoms with Gasteiger partial charge in [-0.05, 0) is 18.2 Å². The van der Waals surface area contributed by atoms with E-state index in [-0.39, 0.29) is 6.42 Å². The van der Waals surface area contributed by atoms with E-state index in [0.29, 0.717) is 16.5 Å². The van der Waals surface area contributed by atoms with Gasteiger partial charge in [0, 0.05) is 5.02 Å². The molecule has 0 bridgehead atoms. The lowest BCUT2D eigenvalue weighted by Crippen LogP contribution is -2.34. The van der Waals surface area contributed by atoms with Gasteiger partial charge >= 0.3 is 5.97 Å². The standard InChI is InChI=1S/C11H13ClN2O4/c1-18-9-3-2-6(12)4-8(9)14-10(15)5-7(13)11(16)17/h2-4,7H,5,13H2,1H3,(H,14,15)(H,16,17). The number of benzene rings is 1. The van der Waals surface area contributed by atoms with Crippen LogP contribution in [0.2, 0.25) is 5.02 Å². The molecule has 0 saturated carbocycles. The first kappa shape index (κ1) is 14.3. The monoisotopic (exact) mass is 272 g/mol. The number of ether oxygens (including phenoxy) is 1. The van der Waals surface area contributed by atoms with Crippen molar-refractivity contribution >= 4 is 29.2 Å². The summed E-state index contributed by atoms with van der Waals surface area (Å²) in [5.41, 5.74) is 5.62. The average Bonchev–Trinajstić information content (AvgIpc) is 2.28. The van der Waals surface area contributed by atoms with Crippen LogP contribution in [-0.4, -0.2) is 30.1 Å². The predicted octanol–water partition coefficient (Wildman–Crippen LogP) is 1.09. The fourth-order valence-corrected chi connectivity index (χ4v) is 1.44. The second-order valence-corrected chi connectivity index (χ2v) is 3.98. The van der Waals surface area contributed by atoms with Gasteiger partial charge in [-0.1, -0.05) is 11.6 Å². The van der Waals surface area contributed by atoms with Crippen LogP contribution >= 0.6 is 11.6 Å². The fourth-order valence-electron chi connectivity index (χ4n) is 1.27. The molecule has 7 heteroatoms. The summed E-state index contributed by atoms with van der Waals surface area (Å²) >= 11 is 5.79. The molecule has 0 fully saturated rings. The number of halogens is 1. The van der Waals surface area contributed by atoms with Crippen molar-refractivity contribution in [1.82, 2.24) is 0 Å². The number of aliphatic carboxylic acids is 1. The first-order valence-corrected chi connectivity index (χ1v) is 5.43. The highest BCUT2D eigenvalue weighted by Gasteiger charge is 2.17. The Balaban J connectivity index is 2.75. The third-order valence-corrected chi connectivity index (χ3v) is 2.39. The second kappa shape index (κ2) is 6.23. The van der Waals surface area contributed by atoms with Crippen molar-refractivity contribution in [3.8, 4) is 5.75 Å². The van der Waals surface area contributed by atoms with Crippen LogP contribution in [0, 0.1) is 0 Å². The van der Waals surface area contributed by atoms with Crippen molar-refractivity contribution < 1.29 is 19.4 Å². The Bertz CT molecular complexity index is 464. The molecule has 0 spiro atoms. The summed E-state index contributed by atoms with van der Waals surface area (Å²) in [4.78, 5) is 22.1. The van der Waals surface area contributed by atoms with E-state index in [2.05, 4.69) is 5.32 Å². The van der Waals surface area contributed by atoms with Gasteiger partial charge < -0.3 is 20.9 Å². The molecule has 0 heterocycles. The lowest BCUT2D eigenvalue weighted by atomic mass is 10.2. The highest BCUT2D eigenvalue weighted by molar-refractivity contribution is 6.31. The fraction of sp³-hybridized carbons (Fsp3) is 0.273. The summed E-state index contributed by atoms with van der Waals surface area (Å²) in [5, 5.41) is 11.5. The van der Waals surface area contributed by atoms with Crippen molar-refractivity contribution in [3.05, 3.63) is 23.2 Å². The van der Waals surface area contributed by atoms with Crippen LogP contribution < -0.4 is 15.8 Å². The first-order valence-electron chi connectivity index (χ1n) is 5.06. The zero-order valence-electron chi connectivity index (χ0n) is 9.64. The van der Waals surface area contributed by atoms with Crippen LogP contribution in [0.25, 0.3) is 0 Å². The molecule has 98 valence electrons. The lowest BCUT2D eigenvalue weighted by molar-refractivity contribution is -0.140. The number of carbonyl (C=O) groups excluding carboxylic acids is 1. The third kappa shape index (κ3) is 3.90. The van der Waals surface area contributed by atoms with E-state index < -0.39 is 17.9 Å². The number of nitrogens with two attached hydrogens (primary N) is 1. The Kier molecular flexibility index (Phi) is 4.94. The quantitative estimate of drug-likeness (QED) is 0.745. The number of rotatable bonds is 5. The summed E-state index contributed by atoms with van der Waals surface area (Å²) in [5.74, 6) is -1.33. The molecule has 0 saturated heterocycles. The number of hydrogen-bond donors (Lipinski definition) is 3. The summed E-state index contributed by atoms with van der Waals surface area (Å²) < 4.78 is 5.03. The number of nitrogens with one attached hydrogen (secondary N) is 1. The molecule has 1 amide bonds. The van der Waals surface area contributed by atoms with E-state index in [4.69, 9.17) is 27.2 Å². The van der Waals surface area contributed by atoms with Gasteiger partial charge in [0.05, 0.1) is 19.2 Å². The van der Waals surface area contributed by atoms with Gasteiger partial charge in [0.2, 0.25) is 5.91 Å². The smallest absolute Gasteiger partial charge is 0.321 e. The van der Waals surface area contributed by atoms with Gasteiger partial charge in [-0.25, -0.2) is 0 Å². The maximum Gasteiger partial charge on any atom is 0.321 e. The van der Waals surface area contributed by atoms with E-state index in [0.717, 1.165) is 0 Å². The minimum Gasteiger partial charge on any atom is -0.495 e. The van der Waals surface area contributed by atoms with Crippen LogP contribution in [0.1, 0.15) is 6.42 Å². The summed E-state index contributed by atoms with van der Waals surface area (Å²) in [6.45, 7) is 0. The SMILES string of the molecule is COc1ccc(Cl)cc1NC(=O)CC(N)C(=O)O. The molecule has 18 heavy (non-hydrogen) atoms. The molecule has 0 aliphatic carbocycles. The van der Waals surface area contributed by atoms with Crippen molar-refractivity contribution in [2.75, 3.05) is 12.4 Å². The normalized spacial score (nSPS) is 11.7. The van der Waals surface area contributed by atoms with Crippen LogP contribution in [0.15, 0.2) is 18.2 Å². The van der Waals surface area contributed by atoms with E-state index in [1.165, 1.54) is 13.2 Å². The van der Waals surface area contributed by atoms with Crippen LogP contribution in [0.5, 0.6) is 5.75 Å². The molecule has 1 aromatic carbocycles. The Hall–Kier alpha value is -1.79. The zero-order valence-corrected chi connectivity index (χ0v) is 10.4. The Morgan fingerprint density at radius 2 is 2.22 bits per heavy atom. The van der Waals surface area contributed by atoms with E-state index in [1.54, 1.807) is 12.1 Å². The number of carbonyl (C=O) groups is 2. The molecular weight excluding hydrogens is 260 g/mol. The molecule has 0 aliphatic heterocycles. The van der Waals surface area contributed by atoms with Gasteiger partial charge in [0.15, 0.2) is 0 Å². The summed E-state index contributed by atoms with van der Waals surface area (Å²) in [7, 11) is 1.45. The van der Waals surface area contributed by atoms with E-state index >= 15 is 0 Å². The molecule has 1 unspecified atom stereocenters. The van der Waals surface area contributed by atoms with Gasteiger partial charge in [-0.15, -0.1) is 0 Å². The maximum atomic E-state index is 11.6. The number of amides is 1. The highest BCUT2D eigenvalue weighted by Crippen LogP contribution is 2.27. The van der Waals surface area contributed by atoms with Crippen molar-refractivity contribution in [3.63, 3.8) is 0 Å². The lowest BCUT2D eigenvalue weighted by Gasteiger charge is -2.11. The number of carboxylic acid groups (broad SMARTS) is 1. The van der Waals surface area contributed by atoms with Crippen LogP contribution in [-0.2, 0) is 9.59 Å². The minimum absolute atomic E-state index is 0.328. The van der Waals surface area contributed by atoms with Crippen molar-refractivity contribution in [2.45, 2.75) is 12.5 Å². The molecule has 1 rings (SSSR count). The number of carboxylic acids is 1. The number of methoxy groups -OCH3 is 1. The molecule has 0 aromatic heterocycles. The van der Waals surface area contributed by atoms with Gasteiger partial charge in [0.25, 0.3) is 0 Å². The number of hydrogen-bond acceptors (Lipinski definition) is 4. The maximum absolute atomic E-state index is 11.6. The van der Waals surface area contributed by atoms with Crippen LogP contribution in [0.3, 0.4) is 0 Å². The van der Waals surface area contributed by atoms with Crippen LogP contribution in [0.4, 0.5) is 5.69 Å². The molecule has 0 aliphatic rings. The molecule has 4 N–H and O–H groups in total. The van der Waals surface area contributed by atoms with Gasteiger partial charge in [-0.2, -0.15) is 0 Å². The zero-order chi connectivity index (χ0) is 13.7. The second-order valence-electron chi connectivity index (χ2n) is 3.54. The highest BCUT2D eigenvalue weighted by atomic mass is 35.5. The largest absolute Gasteiger partial charge is 0.495 e. The third-order valence-electron chi connectivity index (χ3n) is 2.16. The first-order chi connectivity index (χ1) is 8.43. The average molecular weight is 273 g/mol. The van der Waals surface area contributed by atoms with Crippen molar-refractivity contribution in [2.24, 2.45) is 5.73 Å². The predicted molar refractivity (Wildman–Crippen MR) is 66.9 cm³/mol. The molecule has 6 nitrogen and oxygen atoms in total. The van der Waals surface area contributed by atoms with E-state index in [1.807, 2.05) is 0 Å². The van der Waals surface area contributed by atoms with Gasteiger partial charge in [0.1, 0.15) is 11.8 Å². The topological polar surface area (TPSA) is 102 Å². The summed E-state index contributed by atoms with van der Waals surface area (Å²) in [6.07, 6.45) is -0.328. The Morgan fingerprint density at radius 1 is 1.56 bits per heavy atom. The number of anilines is 1. The minimum atomic E-state index is -1.24.